The Labute approximate surface area is 193 Å². The molecule has 0 aliphatic carbocycles. The van der Waals surface area contributed by atoms with Crippen LogP contribution in [0.1, 0.15) is 23.1 Å². The Morgan fingerprint density at radius 3 is 2.64 bits per heavy atom. The van der Waals surface area contributed by atoms with Crippen LogP contribution < -0.4 is 4.74 Å². The third-order valence-electron chi connectivity index (χ3n) is 6.11. The molecule has 0 unspecified atom stereocenters. The van der Waals surface area contributed by atoms with Gasteiger partial charge in [-0.2, -0.15) is 0 Å². The lowest BCUT2D eigenvalue weighted by atomic mass is 10.1. The van der Waals surface area contributed by atoms with Crippen LogP contribution in [0.15, 0.2) is 71.7 Å². The van der Waals surface area contributed by atoms with Crippen LogP contribution in [0, 0.1) is 12.7 Å². The first-order chi connectivity index (χ1) is 16.1. The maximum absolute atomic E-state index is 13.2. The summed E-state index contributed by atoms with van der Waals surface area (Å²) in [4.78, 5) is 22.1. The number of halogens is 1. The fraction of sp³-hybridized carbons (Fsp3) is 0.259. The van der Waals surface area contributed by atoms with Crippen LogP contribution in [0.2, 0.25) is 0 Å². The largest absolute Gasteiger partial charge is 0.454 e. The van der Waals surface area contributed by atoms with Crippen LogP contribution in [-0.2, 0) is 11.2 Å². The molecule has 0 spiro atoms. The normalized spacial score (nSPS) is 15.5. The summed E-state index contributed by atoms with van der Waals surface area (Å²) in [7, 11) is 0. The monoisotopic (exact) mass is 443 g/mol. The van der Waals surface area contributed by atoms with E-state index in [1.54, 1.807) is 12.1 Å². The predicted molar refractivity (Wildman–Crippen MR) is 127 cm³/mol. The fourth-order valence-electron chi connectivity index (χ4n) is 4.34. The molecule has 33 heavy (non-hydrogen) atoms. The van der Waals surface area contributed by atoms with Gasteiger partial charge in [0.2, 0.25) is 5.91 Å². The molecule has 168 valence electrons. The summed E-state index contributed by atoms with van der Waals surface area (Å²) in [6.45, 7) is 4.83. The minimum absolute atomic E-state index is 0.0656. The number of aryl methyl sites for hydroxylation is 1. The Balaban J connectivity index is 1.37. The average molecular weight is 444 g/mol. The lowest BCUT2D eigenvalue weighted by Gasteiger charge is -2.25. The van der Waals surface area contributed by atoms with Gasteiger partial charge in [-0.3, -0.25) is 4.79 Å². The molecule has 3 aromatic rings. The van der Waals surface area contributed by atoms with Crippen molar-refractivity contribution < 1.29 is 13.9 Å². The van der Waals surface area contributed by atoms with Gasteiger partial charge >= 0.3 is 0 Å². The first kappa shape index (κ1) is 21.2. The summed E-state index contributed by atoms with van der Waals surface area (Å²) in [5.74, 6) is 2.19. The van der Waals surface area contributed by atoms with E-state index in [1.165, 1.54) is 12.1 Å². The smallest absolute Gasteiger partial charge is 0.227 e. The highest BCUT2D eigenvalue weighted by Crippen LogP contribution is 2.38. The number of para-hydroxylation sites is 1. The Morgan fingerprint density at radius 2 is 1.79 bits per heavy atom. The third-order valence-corrected chi connectivity index (χ3v) is 6.11. The number of ether oxygens (including phenoxy) is 1. The summed E-state index contributed by atoms with van der Waals surface area (Å²) in [5.41, 5.74) is 3.71. The topological polar surface area (TPSA) is 45.1 Å². The van der Waals surface area contributed by atoms with E-state index in [4.69, 9.17) is 9.73 Å². The Bertz CT molecular complexity index is 1210. The summed E-state index contributed by atoms with van der Waals surface area (Å²) < 4.78 is 19.4. The maximum Gasteiger partial charge on any atom is 0.227 e. The molecule has 0 aromatic heterocycles. The number of carbonyl (C=O) groups is 1. The maximum atomic E-state index is 13.2. The molecule has 3 aromatic carbocycles. The molecule has 0 radical (unpaired) electrons. The van der Waals surface area contributed by atoms with Crippen molar-refractivity contribution in [2.24, 2.45) is 4.99 Å². The predicted octanol–water partition coefficient (Wildman–Crippen LogP) is 5.10. The molecule has 0 bridgehead atoms. The second-order valence-corrected chi connectivity index (χ2v) is 8.53. The van der Waals surface area contributed by atoms with E-state index in [9.17, 15) is 9.18 Å². The van der Waals surface area contributed by atoms with Crippen LogP contribution >= 0.6 is 0 Å². The zero-order valence-electron chi connectivity index (χ0n) is 18.6. The molecule has 0 atom stereocenters. The standard InChI is InChI=1S/C27H26FN3O2/c1-19-7-12-23-25(17-19)33-24-6-3-2-5-22(24)27(29-23)31-14-4-13-30(15-16-31)26(32)18-20-8-10-21(28)11-9-20/h2-3,5-12,17H,4,13-16,18H2,1H3. The van der Waals surface area contributed by atoms with Crippen molar-refractivity contribution in [2.75, 3.05) is 26.2 Å². The van der Waals surface area contributed by atoms with E-state index in [0.29, 0.717) is 19.6 Å². The zero-order valence-corrected chi connectivity index (χ0v) is 18.6. The average Bonchev–Trinajstić information content (AvgIpc) is 3.15. The van der Waals surface area contributed by atoms with Crippen LogP contribution in [0.4, 0.5) is 10.1 Å². The number of amides is 1. The van der Waals surface area contributed by atoms with Crippen LogP contribution in [0.25, 0.3) is 0 Å². The quantitative estimate of drug-likeness (QED) is 0.554. The van der Waals surface area contributed by atoms with Crippen LogP contribution in [-0.4, -0.2) is 47.7 Å². The van der Waals surface area contributed by atoms with Gasteiger partial charge in [-0.1, -0.05) is 30.3 Å². The molecule has 5 nitrogen and oxygen atoms in total. The second-order valence-electron chi connectivity index (χ2n) is 8.53. The van der Waals surface area contributed by atoms with Crippen molar-refractivity contribution in [3.8, 4) is 11.5 Å². The molecule has 2 aliphatic rings. The Hall–Kier alpha value is -3.67. The van der Waals surface area contributed by atoms with Gasteiger partial charge in [-0.25, -0.2) is 9.38 Å². The van der Waals surface area contributed by atoms with Gasteiger partial charge in [0.15, 0.2) is 5.75 Å². The molecule has 1 fully saturated rings. The van der Waals surface area contributed by atoms with Crippen molar-refractivity contribution in [1.82, 2.24) is 9.80 Å². The Morgan fingerprint density at radius 1 is 0.970 bits per heavy atom. The number of amidine groups is 1. The van der Waals surface area contributed by atoms with Crippen molar-refractivity contribution in [2.45, 2.75) is 19.8 Å². The number of hydrogen-bond acceptors (Lipinski definition) is 4. The van der Waals surface area contributed by atoms with Crippen molar-refractivity contribution in [1.29, 1.82) is 0 Å². The minimum atomic E-state index is -0.290. The first-order valence-corrected chi connectivity index (χ1v) is 11.3. The minimum Gasteiger partial charge on any atom is -0.454 e. The van der Waals surface area contributed by atoms with Crippen molar-refractivity contribution in [3.05, 3.63) is 89.2 Å². The number of rotatable bonds is 2. The number of nitrogens with zero attached hydrogens (tertiary/aromatic N) is 3. The lowest BCUT2D eigenvalue weighted by molar-refractivity contribution is -0.130. The molecule has 0 N–H and O–H groups in total. The number of fused-ring (bicyclic) bond motifs is 2. The number of benzene rings is 3. The number of carbonyl (C=O) groups excluding carboxylic acids is 1. The Kier molecular flexibility index (Phi) is 5.82. The highest BCUT2D eigenvalue weighted by molar-refractivity contribution is 6.03. The highest BCUT2D eigenvalue weighted by Gasteiger charge is 2.26. The summed E-state index contributed by atoms with van der Waals surface area (Å²) in [6, 6.07) is 20.2. The van der Waals surface area contributed by atoms with Crippen LogP contribution in [0.5, 0.6) is 11.5 Å². The molecule has 1 saturated heterocycles. The first-order valence-electron chi connectivity index (χ1n) is 11.3. The number of hydrogen-bond donors (Lipinski definition) is 0. The number of aliphatic imine (C=N–C) groups is 1. The second kappa shape index (κ2) is 9.06. The summed E-state index contributed by atoms with van der Waals surface area (Å²) >= 11 is 0. The van der Waals surface area contributed by atoms with Gasteiger partial charge < -0.3 is 14.5 Å². The molecular weight excluding hydrogens is 417 g/mol. The highest BCUT2D eigenvalue weighted by atomic mass is 19.1. The van der Waals surface area contributed by atoms with Crippen LogP contribution in [0.3, 0.4) is 0 Å². The van der Waals surface area contributed by atoms with Gasteiger partial charge in [-0.05, 0) is 60.9 Å². The van der Waals surface area contributed by atoms with Gasteiger partial charge in [0, 0.05) is 26.2 Å². The van der Waals surface area contributed by atoms with E-state index in [2.05, 4.69) is 4.90 Å². The molecule has 6 heteroatoms. The fourth-order valence-corrected chi connectivity index (χ4v) is 4.34. The molecule has 2 heterocycles. The summed E-state index contributed by atoms with van der Waals surface area (Å²) in [6.07, 6.45) is 1.13. The van der Waals surface area contributed by atoms with E-state index >= 15 is 0 Å². The van der Waals surface area contributed by atoms with Crippen molar-refractivity contribution in [3.63, 3.8) is 0 Å². The van der Waals surface area contributed by atoms with E-state index < -0.39 is 0 Å². The lowest BCUT2D eigenvalue weighted by Crippen LogP contribution is -2.38. The summed E-state index contributed by atoms with van der Waals surface area (Å²) in [5, 5.41) is 0. The van der Waals surface area contributed by atoms with E-state index in [-0.39, 0.29) is 18.1 Å². The van der Waals surface area contributed by atoms with E-state index in [1.807, 2.05) is 54.3 Å². The van der Waals surface area contributed by atoms with Gasteiger partial charge in [0.25, 0.3) is 0 Å². The molecular formula is C27H26FN3O2. The van der Waals surface area contributed by atoms with Gasteiger partial charge in [0.05, 0.1) is 12.0 Å². The molecule has 5 rings (SSSR count). The van der Waals surface area contributed by atoms with Crippen molar-refractivity contribution >= 4 is 17.4 Å². The SMILES string of the molecule is Cc1ccc2c(c1)Oc1ccccc1C(N1CCCN(C(=O)Cc3ccc(F)cc3)CC1)=N2. The molecule has 0 saturated carbocycles. The van der Waals surface area contributed by atoms with Gasteiger partial charge in [0.1, 0.15) is 23.1 Å². The molecule has 2 aliphatic heterocycles. The van der Waals surface area contributed by atoms with E-state index in [0.717, 1.165) is 52.7 Å². The van der Waals surface area contributed by atoms with Gasteiger partial charge in [-0.15, -0.1) is 0 Å². The zero-order chi connectivity index (χ0) is 22.8. The molecule has 1 amide bonds. The third kappa shape index (κ3) is 4.60.